The SMILES string of the molecule is C#CCCCn1cc(C(=O)O)c(C)n1. The van der Waals surface area contributed by atoms with Gasteiger partial charge in [-0.15, -0.1) is 12.3 Å². The summed E-state index contributed by atoms with van der Waals surface area (Å²) in [5, 5.41) is 12.8. The molecule has 1 aromatic heterocycles. The number of terminal acetylenes is 1. The summed E-state index contributed by atoms with van der Waals surface area (Å²) in [6.07, 6.45) is 8.14. The Bertz CT molecular complexity index is 374. The van der Waals surface area contributed by atoms with E-state index in [2.05, 4.69) is 11.0 Å². The van der Waals surface area contributed by atoms with Crippen LogP contribution in [0.3, 0.4) is 0 Å². The van der Waals surface area contributed by atoms with Gasteiger partial charge in [-0.1, -0.05) is 0 Å². The van der Waals surface area contributed by atoms with Crippen molar-refractivity contribution in [2.75, 3.05) is 0 Å². The molecule has 0 aliphatic carbocycles. The molecular weight excluding hydrogens is 180 g/mol. The number of aromatic carboxylic acids is 1. The lowest BCUT2D eigenvalue weighted by Gasteiger charge is -1.96. The van der Waals surface area contributed by atoms with E-state index in [-0.39, 0.29) is 5.56 Å². The van der Waals surface area contributed by atoms with Crippen LogP contribution in [-0.4, -0.2) is 20.9 Å². The van der Waals surface area contributed by atoms with Crippen molar-refractivity contribution in [3.05, 3.63) is 17.5 Å². The van der Waals surface area contributed by atoms with Crippen LogP contribution in [0.5, 0.6) is 0 Å². The predicted octanol–water partition coefficient (Wildman–Crippen LogP) is 1.30. The lowest BCUT2D eigenvalue weighted by atomic mass is 10.3. The van der Waals surface area contributed by atoms with Crippen molar-refractivity contribution in [1.82, 2.24) is 9.78 Å². The maximum atomic E-state index is 10.7. The molecule has 0 bridgehead atoms. The van der Waals surface area contributed by atoms with Gasteiger partial charge in [0.15, 0.2) is 0 Å². The Kier molecular flexibility index (Phi) is 3.29. The quantitative estimate of drug-likeness (QED) is 0.578. The summed E-state index contributed by atoms with van der Waals surface area (Å²) in [7, 11) is 0. The molecule has 0 saturated heterocycles. The smallest absolute Gasteiger partial charge is 0.339 e. The predicted molar refractivity (Wildman–Crippen MR) is 52.0 cm³/mol. The lowest BCUT2D eigenvalue weighted by molar-refractivity contribution is 0.0696. The minimum absolute atomic E-state index is 0.255. The van der Waals surface area contributed by atoms with E-state index in [1.807, 2.05) is 0 Å². The van der Waals surface area contributed by atoms with Crippen molar-refractivity contribution < 1.29 is 9.90 Å². The molecule has 0 aromatic carbocycles. The van der Waals surface area contributed by atoms with Crippen LogP contribution in [0.2, 0.25) is 0 Å². The summed E-state index contributed by atoms with van der Waals surface area (Å²) in [6, 6.07) is 0. The minimum atomic E-state index is -0.939. The fourth-order valence-corrected chi connectivity index (χ4v) is 1.19. The molecule has 0 radical (unpaired) electrons. The van der Waals surface area contributed by atoms with Crippen LogP contribution in [-0.2, 0) is 6.54 Å². The summed E-state index contributed by atoms with van der Waals surface area (Å²) < 4.78 is 1.62. The molecule has 4 nitrogen and oxygen atoms in total. The first-order valence-corrected chi connectivity index (χ1v) is 4.36. The summed E-state index contributed by atoms with van der Waals surface area (Å²) >= 11 is 0. The number of hydrogen-bond donors (Lipinski definition) is 1. The number of aromatic nitrogens is 2. The zero-order chi connectivity index (χ0) is 10.6. The number of unbranched alkanes of at least 4 members (excludes halogenated alkanes) is 1. The monoisotopic (exact) mass is 192 g/mol. The molecule has 1 N–H and O–H groups in total. The van der Waals surface area contributed by atoms with E-state index in [1.54, 1.807) is 11.6 Å². The Morgan fingerprint density at radius 3 is 3.00 bits per heavy atom. The Morgan fingerprint density at radius 1 is 1.79 bits per heavy atom. The molecule has 1 rings (SSSR count). The van der Waals surface area contributed by atoms with E-state index in [0.29, 0.717) is 18.7 Å². The number of rotatable bonds is 4. The molecule has 4 heteroatoms. The summed E-state index contributed by atoms with van der Waals surface area (Å²) in [4.78, 5) is 10.7. The first kappa shape index (κ1) is 10.3. The van der Waals surface area contributed by atoms with Gasteiger partial charge in [-0.2, -0.15) is 5.10 Å². The second-order valence-electron chi connectivity index (χ2n) is 3.00. The normalized spacial score (nSPS) is 9.71. The van der Waals surface area contributed by atoms with Gasteiger partial charge in [0.2, 0.25) is 0 Å². The van der Waals surface area contributed by atoms with E-state index < -0.39 is 5.97 Å². The average Bonchev–Trinajstić information content (AvgIpc) is 2.47. The van der Waals surface area contributed by atoms with Gasteiger partial charge in [0.1, 0.15) is 5.56 Å². The number of hydrogen-bond acceptors (Lipinski definition) is 2. The molecule has 0 aliphatic heterocycles. The summed E-state index contributed by atoms with van der Waals surface area (Å²) in [6.45, 7) is 2.35. The van der Waals surface area contributed by atoms with Crippen molar-refractivity contribution in [2.24, 2.45) is 0 Å². The minimum Gasteiger partial charge on any atom is -0.478 e. The largest absolute Gasteiger partial charge is 0.478 e. The molecule has 1 heterocycles. The number of nitrogens with zero attached hydrogens (tertiary/aromatic N) is 2. The van der Waals surface area contributed by atoms with Crippen LogP contribution in [0.15, 0.2) is 6.20 Å². The van der Waals surface area contributed by atoms with Crippen LogP contribution in [0.25, 0.3) is 0 Å². The van der Waals surface area contributed by atoms with E-state index in [4.69, 9.17) is 11.5 Å². The van der Waals surface area contributed by atoms with Gasteiger partial charge in [-0.25, -0.2) is 4.79 Å². The summed E-state index contributed by atoms with van der Waals surface area (Å²) in [5.74, 6) is 1.59. The van der Waals surface area contributed by atoms with Crippen molar-refractivity contribution in [2.45, 2.75) is 26.3 Å². The third kappa shape index (κ3) is 2.36. The maximum absolute atomic E-state index is 10.7. The van der Waals surface area contributed by atoms with E-state index in [9.17, 15) is 4.79 Å². The first-order chi connectivity index (χ1) is 6.65. The van der Waals surface area contributed by atoms with Gasteiger partial charge >= 0.3 is 5.97 Å². The second kappa shape index (κ2) is 4.47. The van der Waals surface area contributed by atoms with Gasteiger partial charge < -0.3 is 5.11 Å². The van der Waals surface area contributed by atoms with Gasteiger partial charge in [0.05, 0.1) is 5.69 Å². The number of carboxylic acid groups (broad SMARTS) is 1. The van der Waals surface area contributed by atoms with Crippen LogP contribution in [0.1, 0.15) is 28.9 Å². The Morgan fingerprint density at radius 2 is 2.50 bits per heavy atom. The highest BCUT2D eigenvalue weighted by Gasteiger charge is 2.10. The number of aryl methyl sites for hydroxylation is 2. The van der Waals surface area contributed by atoms with Crippen molar-refractivity contribution in [1.29, 1.82) is 0 Å². The van der Waals surface area contributed by atoms with Crippen LogP contribution < -0.4 is 0 Å². The molecule has 14 heavy (non-hydrogen) atoms. The Labute approximate surface area is 82.5 Å². The van der Waals surface area contributed by atoms with Gasteiger partial charge in [-0.3, -0.25) is 4.68 Å². The van der Waals surface area contributed by atoms with Crippen molar-refractivity contribution in [3.63, 3.8) is 0 Å². The van der Waals surface area contributed by atoms with Crippen LogP contribution in [0.4, 0.5) is 0 Å². The zero-order valence-electron chi connectivity index (χ0n) is 8.03. The molecule has 0 atom stereocenters. The average molecular weight is 192 g/mol. The molecule has 0 aliphatic rings. The Hall–Kier alpha value is -1.76. The highest BCUT2D eigenvalue weighted by atomic mass is 16.4. The number of carbonyl (C=O) groups is 1. The van der Waals surface area contributed by atoms with Gasteiger partial charge in [0.25, 0.3) is 0 Å². The molecule has 1 aromatic rings. The fraction of sp³-hybridized carbons (Fsp3) is 0.400. The molecule has 0 unspecified atom stereocenters. The van der Waals surface area contributed by atoms with E-state index >= 15 is 0 Å². The van der Waals surface area contributed by atoms with Gasteiger partial charge in [0, 0.05) is 19.2 Å². The van der Waals surface area contributed by atoms with E-state index in [0.717, 1.165) is 6.42 Å². The molecular formula is C10H12N2O2. The topological polar surface area (TPSA) is 55.1 Å². The van der Waals surface area contributed by atoms with E-state index in [1.165, 1.54) is 6.20 Å². The highest BCUT2D eigenvalue weighted by molar-refractivity contribution is 5.88. The molecule has 74 valence electrons. The Balaban J connectivity index is 2.67. The van der Waals surface area contributed by atoms with Crippen LogP contribution >= 0.6 is 0 Å². The molecule has 0 spiro atoms. The third-order valence-corrected chi connectivity index (χ3v) is 1.89. The second-order valence-corrected chi connectivity index (χ2v) is 3.00. The lowest BCUT2D eigenvalue weighted by Crippen LogP contribution is -1.98. The highest BCUT2D eigenvalue weighted by Crippen LogP contribution is 2.06. The standard InChI is InChI=1S/C10H12N2O2/c1-3-4-5-6-12-7-9(10(13)14)8(2)11-12/h1,7H,4-6H2,2H3,(H,13,14). The third-order valence-electron chi connectivity index (χ3n) is 1.89. The molecule has 0 amide bonds. The fourth-order valence-electron chi connectivity index (χ4n) is 1.19. The van der Waals surface area contributed by atoms with Crippen LogP contribution in [0, 0.1) is 19.3 Å². The maximum Gasteiger partial charge on any atom is 0.339 e. The first-order valence-electron chi connectivity index (χ1n) is 4.36. The summed E-state index contributed by atoms with van der Waals surface area (Å²) in [5.41, 5.74) is 0.795. The molecule has 0 saturated carbocycles. The van der Waals surface area contributed by atoms with Crippen molar-refractivity contribution >= 4 is 5.97 Å². The van der Waals surface area contributed by atoms with Crippen molar-refractivity contribution in [3.8, 4) is 12.3 Å². The number of carboxylic acids is 1. The van der Waals surface area contributed by atoms with Gasteiger partial charge in [-0.05, 0) is 13.3 Å². The zero-order valence-corrected chi connectivity index (χ0v) is 8.03. The molecule has 0 fully saturated rings.